The fourth-order valence-electron chi connectivity index (χ4n) is 2.21. The maximum absolute atomic E-state index is 12.3. The van der Waals surface area contributed by atoms with Crippen LogP contribution in [0.5, 0.6) is 0 Å². The average Bonchev–Trinajstić information content (AvgIpc) is 3.18. The lowest BCUT2D eigenvalue weighted by molar-refractivity contribution is -0.384. The minimum absolute atomic E-state index is 0.131. The molecule has 128 valence electrons. The number of aryl methyl sites for hydroxylation is 1. The number of halogens is 1. The first-order valence-electron chi connectivity index (χ1n) is 7.20. The predicted molar refractivity (Wildman–Crippen MR) is 93.3 cm³/mol. The van der Waals surface area contributed by atoms with Crippen molar-refractivity contribution in [1.82, 2.24) is 19.6 Å². The summed E-state index contributed by atoms with van der Waals surface area (Å²) in [4.78, 5) is 22.9. The van der Waals surface area contributed by atoms with E-state index in [1.165, 1.54) is 22.9 Å². The lowest BCUT2D eigenvalue weighted by atomic mass is 10.2. The fourth-order valence-corrected chi connectivity index (χ4v) is 2.54. The average molecular weight is 405 g/mol. The van der Waals surface area contributed by atoms with Gasteiger partial charge in [0, 0.05) is 18.5 Å². The molecule has 0 aliphatic carbocycles. The number of nitro benzene ring substituents is 1. The van der Waals surface area contributed by atoms with Crippen LogP contribution in [0, 0.1) is 17.0 Å². The van der Waals surface area contributed by atoms with Gasteiger partial charge in [-0.1, -0.05) is 6.07 Å². The second-order valence-electron chi connectivity index (χ2n) is 5.31. The molecule has 0 saturated heterocycles. The number of nitrogens with zero attached hydrogens (tertiary/aromatic N) is 5. The van der Waals surface area contributed by atoms with E-state index in [1.807, 2.05) is 0 Å². The molecular weight excluding hydrogens is 392 g/mol. The van der Waals surface area contributed by atoms with E-state index in [4.69, 9.17) is 0 Å². The molecule has 0 spiro atoms. The monoisotopic (exact) mass is 404 g/mol. The van der Waals surface area contributed by atoms with Gasteiger partial charge in [0.25, 0.3) is 11.6 Å². The Balaban J connectivity index is 1.75. The second-order valence-corrected chi connectivity index (χ2v) is 6.23. The van der Waals surface area contributed by atoms with Gasteiger partial charge in [0.15, 0.2) is 5.69 Å². The number of anilines is 1. The highest BCUT2D eigenvalue weighted by Gasteiger charge is 2.18. The molecule has 0 fully saturated rings. The number of nitrogens with one attached hydrogen (secondary N) is 1. The van der Waals surface area contributed by atoms with Crippen LogP contribution in [0.2, 0.25) is 0 Å². The van der Waals surface area contributed by atoms with Crippen molar-refractivity contribution in [2.75, 3.05) is 5.32 Å². The third kappa shape index (κ3) is 3.91. The Hall–Kier alpha value is -3.01. The van der Waals surface area contributed by atoms with Gasteiger partial charge in [-0.25, -0.2) is 4.68 Å². The van der Waals surface area contributed by atoms with Crippen LogP contribution in [0.1, 0.15) is 16.1 Å². The van der Waals surface area contributed by atoms with Crippen LogP contribution < -0.4 is 5.32 Å². The second kappa shape index (κ2) is 6.85. The number of rotatable bonds is 5. The van der Waals surface area contributed by atoms with Gasteiger partial charge in [-0.05, 0) is 40.5 Å². The first kappa shape index (κ1) is 16.8. The largest absolute Gasteiger partial charge is 0.315 e. The van der Waals surface area contributed by atoms with E-state index in [0.717, 1.165) is 10.0 Å². The molecule has 0 radical (unpaired) electrons. The molecule has 0 bridgehead atoms. The Morgan fingerprint density at radius 1 is 1.36 bits per heavy atom. The predicted octanol–water partition coefficient (Wildman–Crippen LogP) is 2.82. The topological polar surface area (TPSA) is 108 Å². The highest BCUT2D eigenvalue weighted by molar-refractivity contribution is 9.10. The summed E-state index contributed by atoms with van der Waals surface area (Å²) in [5.74, 6) is -0.521. The van der Waals surface area contributed by atoms with E-state index in [-0.39, 0.29) is 17.1 Å². The lowest BCUT2D eigenvalue weighted by Crippen LogP contribution is -2.15. The van der Waals surface area contributed by atoms with Gasteiger partial charge in [0.1, 0.15) is 12.4 Å². The molecule has 2 aromatic heterocycles. The van der Waals surface area contributed by atoms with E-state index < -0.39 is 10.8 Å². The Morgan fingerprint density at radius 3 is 2.84 bits per heavy atom. The Kier molecular flexibility index (Phi) is 4.61. The minimum Gasteiger partial charge on any atom is -0.315 e. The van der Waals surface area contributed by atoms with Gasteiger partial charge in [-0.2, -0.15) is 10.2 Å². The first-order valence-corrected chi connectivity index (χ1v) is 7.99. The molecule has 0 aliphatic rings. The quantitative estimate of drug-likeness (QED) is 0.519. The van der Waals surface area contributed by atoms with Crippen LogP contribution in [0.4, 0.5) is 11.4 Å². The SMILES string of the molecule is Cc1ccc(NC(=O)c2ccn(Cn3cc(Br)cn3)n2)c([N+](=O)[O-])c1. The summed E-state index contributed by atoms with van der Waals surface area (Å²) in [5, 5.41) is 21.9. The maximum atomic E-state index is 12.3. The van der Waals surface area contributed by atoms with Gasteiger partial charge >= 0.3 is 0 Å². The molecule has 2 heterocycles. The van der Waals surface area contributed by atoms with Gasteiger partial charge in [-0.15, -0.1) is 0 Å². The van der Waals surface area contributed by atoms with Gasteiger partial charge in [0.05, 0.1) is 15.6 Å². The van der Waals surface area contributed by atoms with Crippen LogP contribution >= 0.6 is 15.9 Å². The minimum atomic E-state index is -0.531. The summed E-state index contributed by atoms with van der Waals surface area (Å²) in [6, 6.07) is 6.14. The van der Waals surface area contributed by atoms with Crippen molar-refractivity contribution in [3.05, 3.63) is 68.7 Å². The molecule has 0 aliphatic heterocycles. The van der Waals surface area contributed by atoms with E-state index in [0.29, 0.717) is 6.67 Å². The van der Waals surface area contributed by atoms with Crippen molar-refractivity contribution in [3.8, 4) is 0 Å². The van der Waals surface area contributed by atoms with Crippen molar-refractivity contribution in [1.29, 1.82) is 0 Å². The van der Waals surface area contributed by atoms with Crippen molar-refractivity contribution in [3.63, 3.8) is 0 Å². The molecule has 25 heavy (non-hydrogen) atoms. The molecule has 0 saturated carbocycles. The Bertz CT molecular complexity index is 948. The lowest BCUT2D eigenvalue weighted by Gasteiger charge is -2.05. The number of nitro groups is 1. The van der Waals surface area contributed by atoms with Crippen LogP contribution in [0.25, 0.3) is 0 Å². The van der Waals surface area contributed by atoms with E-state index in [2.05, 4.69) is 31.4 Å². The highest BCUT2D eigenvalue weighted by atomic mass is 79.9. The summed E-state index contributed by atoms with van der Waals surface area (Å²) >= 11 is 3.30. The maximum Gasteiger partial charge on any atom is 0.293 e. The van der Waals surface area contributed by atoms with Gasteiger partial charge in [-0.3, -0.25) is 19.6 Å². The number of hydrogen-bond acceptors (Lipinski definition) is 5. The summed E-state index contributed by atoms with van der Waals surface area (Å²) in [5.41, 5.74) is 0.862. The van der Waals surface area contributed by atoms with Crippen LogP contribution in [0.3, 0.4) is 0 Å². The van der Waals surface area contributed by atoms with Crippen LogP contribution in [-0.4, -0.2) is 30.4 Å². The molecule has 1 amide bonds. The van der Waals surface area contributed by atoms with Crippen molar-refractivity contribution in [2.24, 2.45) is 0 Å². The Morgan fingerprint density at radius 2 is 2.16 bits per heavy atom. The number of benzene rings is 1. The normalized spacial score (nSPS) is 10.6. The van der Waals surface area contributed by atoms with E-state index in [9.17, 15) is 14.9 Å². The van der Waals surface area contributed by atoms with Crippen molar-refractivity contribution in [2.45, 2.75) is 13.6 Å². The number of carbonyl (C=O) groups excluding carboxylic acids is 1. The third-order valence-electron chi connectivity index (χ3n) is 3.36. The molecule has 1 N–H and O–H groups in total. The summed E-state index contributed by atoms with van der Waals surface area (Å²) in [7, 11) is 0. The molecule has 3 aromatic rings. The fraction of sp³-hybridized carbons (Fsp3) is 0.133. The summed E-state index contributed by atoms with van der Waals surface area (Å²) in [6.45, 7) is 2.08. The standard InChI is InChI=1S/C15H13BrN6O3/c1-10-2-3-12(14(6-10)22(24)25)18-15(23)13-4-5-20(19-13)9-21-8-11(16)7-17-21/h2-8H,9H2,1H3,(H,18,23). The van der Waals surface area contributed by atoms with Crippen molar-refractivity contribution >= 4 is 33.2 Å². The number of hydrogen-bond donors (Lipinski definition) is 1. The Labute approximate surface area is 150 Å². The molecule has 0 unspecified atom stereocenters. The molecule has 9 nitrogen and oxygen atoms in total. The van der Waals surface area contributed by atoms with E-state index in [1.54, 1.807) is 36.3 Å². The van der Waals surface area contributed by atoms with Gasteiger partial charge in [0.2, 0.25) is 0 Å². The number of carbonyl (C=O) groups is 1. The van der Waals surface area contributed by atoms with Crippen LogP contribution in [0.15, 0.2) is 47.3 Å². The number of amides is 1. The molecule has 0 atom stereocenters. The van der Waals surface area contributed by atoms with E-state index >= 15 is 0 Å². The zero-order valence-corrected chi connectivity index (χ0v) is 14.7. The van der Waals surface area contributed by atoms with Crippen molar-refractivity contribution < 1.29 is 9.72 Å². The summed E-state index contributed by atoms with van der Waals surface area (Å²) < 4.78 is 4.02. The molecule has 10 heteroatoms. The first-order chi connectivity index (χ1) is 11.9. The molecule has 3 rings (SSSR count). The molecule has 1 aromatic carbocycles. The van der Waals surface area contributed by atoms with Gasteiger partial charge < -0.3 is 5.32 Å². The number of aromatic nitrogens is 4. The van der Waals surface area contributed by atoms with Crippen LogP contribution in [-0.2, 0) is 6.67 Å². The zero-order valence-electron chi connectivity index (χ0n) is 13.1. The summed E-state index contributed by atoms with van der Waals surface area (Å²) in [6.07, 6.45) is 5.05. The third-order valence-corrected chi connectivity index (χ3v) is 3.77. The highest BCUT2D eigenvalue weighted by Crippen LogP contribution is 2.25. The zero-order chi connectivity index (χ0) is 18.0. The smallest absolute Gasteiger partial charge is 0.293 e. The molecular formula is C15H13BrN6O3.